The number of hydrogen-bond acceptors (Lipinski definition) is 5. The highest BCUT2D eigenvalue weighted by atomic mass is 16.5. The minimum Gasteiger partial charge on any atom is -0.488 e. The zero-order valence-electron chi connectivity index (χ0n) is 10.8. The van der Waals surface area contributed by atoms with Gasteiger partial charge in [0.05, 0.1) is 5.56 Å². The third-order valence-electron chi connectivity index (χ3n) is 3.24. The number of nitrogens with one attached hydrogen (secondary N) is 1. The number of rotatable bonds is 3. The van der Waals surface area contributed by atoms with E-state index in [4.69, 9.17) is 10.5 Å². The van der Waals surface area contributed by atoms with Crippen molar-refractivity contribution in [2.24, 2.45) is 5.73 Å². The lowest BCUT2D eigenvalue weighted by Gasteiger charge is -2.10. The van der Waals surface area contributed by atoms with E-state index in [-0.39, 0.29) is 6.10 Å². The average Bonchev–Trinajstić information content (AvgIpc) is 2.90. The Labute approximate surface area is 111 Å². The summed E-state index contributed by atoms with van der Waals surface area (Å²) >= 11 is 0. The van der Waals surface area contributed by atoms with Gasteiger partial charge in [0.1, 0.15) is 17.7 Å². The van der Waals surface area contributed by atoms with Gasteiger partial charge in [-0.05, 0) is 17.7 Å². The van der Waals surface area contributed by atoms with Gasteiger partial charge in [-0.1, -0.05) is 12.1 Å². The molecule has 1 atom stereocenters. The lowest BCUT2D eigenvalue weighted by molar-refractivity contribution is 0.242. The lowest BCUT2D eigenvalue weighted by atomic mass is 10.1. The van der Waals surface area contributed by atoms with Crippen molar-refractivity contribution in [3.05, 3.63) is 36.0 Å². The molecule has 5 heteroatoms. The highest BCUT2D eigenvalue weighted by Gasteiger charge is 2.25. The molecule has 1 aliphatic heterocycles. The second-order valence-electron chi connectivity index (χ2n) is 4.49. The summed E-state index contributed by atoms with van der Waals surface area (Å²) in [5.41, 5.74) is 7.78. The summed E-state index contributed by atoms with van der Waals surface area (Å²) in [7, 11) is 1.84. The number of fused-ring (bicyclic) bond motifs is 1. The summed E-state index contributed by atoms with van der Waals surface area (Å²) in [4.78, 5) is 8.78. The van der Waals surface area contributed by atoms with Gasteiger partial charge in [0.2, 0.25) is 0 Å². The number of para-hydroxylation sites is 1. The smallest absolute Gasteiger partial charge is 0.165 e. The zero-order valence-corrected chi connectivity index (χ0v) is 10.8. The van der Waals surface area contributed by atoms with Gasteiger partial charge in [0.15, 0.2) is 5.82 Å². The largest absolute Gasteiger partial charge is 0.488 e. The topological polar surface area (TPSA) is 73.1 Å². The number of anilines is 1. The van der Waals surface area contributed by atoms with Crippen molar-refractivity contribution >= 4 is 5.82 Å². The number of nitrogens with zero attached hydrogens (tertiary/aromatic N) is 2. The predicted octanol–water partition coefficient (Wildman–Crippen LogP) is 1.45. The van der Waals surface area contributed by atoms with Crippen LogP contribution in [0.5, 0.6) is 5.75 Å². The molecule has 2 heterocycles. The molecule has 0 bridgehead atoms. The monoisotopic (exact) mass is 256 g/mol. The first-order valence-electron chi connectivity index (χ1n) is 6.31. The lowest BCUT2D eigenvalue weighted by Crippen LogP contribution is -2.24. The predicted molar refractivity (Wildman–Crippen MR) is 74.2 cm³/mol. The molecule has 3 rings (SSSR count). The van der Waals surface area contributed by atoms with E-state index in [0.717, 1.165) is 23.6 Å². The molecule has 0 aliphatic carbocycles. The zero-order chi connectivity index (χ0) is 13.2. The third kappa shape index (κ3) is 2.13. The van der Waals surface area contributed by atoms with Crippen LogP contribution in [0.25, 0.3) is 11.4 Å². The van der Waals surface area contributed by atoms with Crippen molar-refractivity contribution in [1.82, 2.24) is 9.97 Å². The summed E-state index contributed by atoms with van der Waals surface area (Å²) in [5, 5.41) is 3.01. The molecule has 0 radical (unpaired) electrons. The highest BCUT2D eigenvalue weighted by molar-refractivity contribution is 5.68. The third-order valence-corrected chi connectivity index (χ3v) is 3.24. The number of hydrogen-bond donors (Lipinski definition) is 2. The molecule has 1 aromatic carbocycles. The Morgan fingerprint density at radius 2 is 2.32 bits per heavy atom. The molecular weight excluding hydrogens is 240 g/mol. The minimum absolute atomic E-state index is 0.0589. The van der Waals surface area contributed by atoms with Gasteiger partial charge in [0, 0.05) is 26.2 Å². The van der Waals surface area contributed by atoms with Crippen LogP contribution in [0.15, 0.2) is 30.5 Å². The van der Waals surface area contributed by atoms with Crippen molar-refractivity contribution in [3.8, 4) is 17.1 Å². The van der Waals surface area contributed by atoms with Gasteiger partial charge in [-0.25, -0.2) is 9.97 Å². The molecule has 0 amide bonds. The minimum atomic E-state index is 0.0589. The molecule has 0 saturated carbocycles. The van der Waals surface area contributed by atoms with Gasteiger partial charge >= 0.3 is 0 Å². The van der Waals surface area contributed by atoms with E-state index in [1.165, 1.54) is 5.56 Å². The Morgan fingerprint density at radius 1 is 1.42 bits per heavy atom. The summed E-state index contributed by atoms with van der Waals surface area (Å²) < 4.78 is 5.89. The molecule has 1 aromatic heterocycles. The summed E-state index contributed by atoms with van der Waals surface area (Å²) in [5.74, 6) is 2.32. The second kappa shape index (κ2) is 4.85. The van der Waals surface area contributed by atoms with Crippen LogP contribution < -0.4 is 15.8 Å². The molecule has 3 N–H and O–H groups in total. The van der Waals surface area contributed by atoms with Crippen LogP contribution in [0, 0.1) is 0 Å². The second-order valence-corrected chi connectivity index (χ2v) is 4.49. The van der Waals surface area contributed by atoms with Gasteiger partial charge in [-0.2, -0.15) is 0 Å². The quantitative estimate of drug-likeness (QED) is 0.869. The average molecular weight is 256 g/mol. The van der Waals surface area contributed by atoms with E-state index in [1.807, 2.05) is 25.2 Å². The van der Waals surface area contributed by atoms with E-state index in [2.05, 4.69) is 21.4 Å². The maximum Gasteiger partial charge on any atom is 0.165 e. The number of aromatic nitrogens is 2. The molecule has 5 nitrogen and oxygen atoms in total. The van der Waals surface area contributed by atoms with Crippen LogP contribution in [0.4, 0.5) is 5.82 Å². The van der Waals surface area contributed by atoms with Crippen LogP contribution in [-0.2, 0) is 6.42 Å². The summed E-state index contributed by atoms with van der Waals surface area (Å²) in [6.07, 6.45) is 2.65. The fourth-order valence-electron chi connectivity index (χ4n) is 2.27. The van der Waals surface area contributed by atoms with E-state index in [0.29, 0.717) is 12.4 Å². The van der Waals surface area contributed by atoms with Gasteiger partial charge in [-0.15, -0.1) is 0 Å². The van der Waals surface area contributed by atoms with Gasteiger partial charge in [-0.3, -0.25) is 0 Å². The molecule has 1 aliphatic rings. The van der Waals surface area contributed by atoms with Gasteiger partial charge in [0.25, 0.3) is 0 Å². The Morgan fingerprint density at radius 3 is 3.11 bits per heavy atom. The Bertz CT molecular complexity index is 600. The normalized spacial score (nSPS) is 16.8. The molecule has 0 saturated heterocycles. The Hall–Kier alpha value is -2.14. The summed E-state index contributed by atoms with van der Waals surface area (Å²) in [6, 6.07) is 7.88. The van der Waals surface area contributed by atoms with Crippen molar-refractivity contribution in [2.75, 3.05) is 18.9 Å². The molecule has 2 aromatic rings. The van der Waals surface area contributed by atoms with E-state index >= 15 is 0 Å². The molecule has 98 valence electrons. The Balaban J connectivity index is 2.05. The first kappa shape index (κ1) is 11.9. The first-order valence-corrected chi connectivity index (χ1v) is 6.31. The Kier molecular flexibility index (Phi) is 3.05. The van der Waals surface area contributed by atoms with Crippen molar-refractivity contribution in [2.45, 2.75) is 12.5 Å². The van der Waals surface area contributed by atoms with Crippen molar-refractivity contribution < 1.29 is 4.74 Å². The molecule has 19 heavy (non-hydrogen) atoms. The SMILES string of the molecule is CNc1ccnc(-c2cccc3c2OC(CN)C3)n1. The number of ether oxygens (including phenoxy) is 1. The molecular formula is C14H16N4O. The first-order chi connectivity index (χ1) is 9.31. The maximum atomic E-state index is 5.89. The number of nitrogens with two attached hydrogens (primary N) is 1. The fourth-order valence-corrected chi connectivity index (χ4v) is 2.27. The van der Waals surface area contributed by atoms with Gasteiger partial charge < -0.3 is 15.8 Å². The van der Waals surface area contributed by atoms with Crippen molar-refractivity contribution in [1.29, 1.82) is 0 Å². The summed E-state index contributed by atoms with van der Waals surface area (Å²) in [6.45, 7) is 0.519. The highest BCUT2D eigenvalue weighted by Crippen LogP contribution is 2.37. The van der Waals surface area contributed by atoms with E-state index < -0.39 is 0 Å². The maximum absolute atomic E-state index is 5.89. The van der Waals surface area contributed by atoms with E-state index in [9.17, 15) is 0 Å². The van der Waals surface area contributed by atoms with Crippen LogP contribution in [0.3, 0.4) is 0 Å². The number of benzene rings is 1. The van der Waals surface area contributed by atoms with Crippen LogP contribution in [-0.4, -0.2) is 29.7 Å². The fraction of sp³-hybridized carbons (Fsp3) is 0.286. The molecule has 1 unspecified atom stereocenters. The molecule has 0 fully saturated rings. The molecule has 0 spiro atoms. The standard InChI is InChI=1S/C14H16N4O/c1-16-12-5-6-17-14(18-12)11-4-2-3-9-7-10(8-15)19-13(9)11/h2-6,10H,7-8,15H2,1H3,(H,16,17,18). The van der Waals surface area contributed by atoms with Crippen LogP contribution in [0.1, 0.15) is 5.56 Å². The van der Waals surface area contributed by atoms with Crippen LogP contribution >= 0.6 is 0 Å². The van der Waals surface area contributed by atoms with E-state index in [1.54, 1.807) is 6.20 Å². The van der Waals surface area contributed by atoms with Crippen molar-refractivity contribution in [3.63, 3.8) is 0 Å². The van der Waals surface area contributed by atoms with Crippen LogP contribution in [0.2, 0.25) is 0 Å².